The number of benzene rings is 1. The van der Waals surface area contributed by atoms with E-state index in [-0.39, 0.29) is 33.9 Å². The number of carboxylic acid groups (broad SMARTS) is 1. The molecule has 2 N–H and O–H groups in total. The Balaban J connectivity index is 1.81. The van der Waals surface area contributed by atoms with E-state index in [9.17, 15) is 27.5 Å². The van der Waals surface area contributed by atoms with Gasteiger partial charge in [0.05, 0.1) is 31.7 Å². The fraction of sp³-hybridized carbons (Fsp3) is 0.360. The van der Waals surface area contributed by atoms with Gasteiger partial charge in [-0.3, -0.25) is 14.3 Å². The highest BCUT2D eigenvalue weighted by Crippen LogP contribution is 2.39. The van der Waals surface area contributed by atoms with Gasteiger partial charge in [-0.15, -0.1) is 0 Å². The first-order valence-corrected chi connectivity index (χ1v) is 13.1. The van der Waals surface area contributed by atoms with Crippen molar-refractivity contribution < 1.29 is 32.2 Å². The number of pyridine rings is 1. The number of ether oxygens (including phenoxy) is 1. The third-order valence-corrected chi connectivity index (χ3v) is 7.44. The fourth-order valence-electron chi connectivity index (χ4n) is 4.19. The molecule has 2 aromatic heterocycles. The van der Waals surface area contributed by atoms with Gasteiger partial charge in [0, 0.05) is 18.5 Å². The van der Waals surface area contributed by atoms with Gasteiger partial charge in [-0.1, -0.05) is 13.8 Å². The smallest absolute Gasteiger partial charge is 0.304 e. The topological polar surface area (TPSA) is 140 Å². The first-order chi connectivity index (χ1) is 17.5. The van der Waals surface area contributed by atoms with Crippen molar-refractivity contribution in [2.24, 2.45) is 0 Å². The molecule has 1 amide bonds. The number of amides is 1. The maximum Gasteiger partial charge on any atom is 0.304 e. The van der Waals surface area contributed by atoms with Crippen LogP contribution in [0.15, 0.2) is 47.8 Å². The largest absolute Gasteiger partial charge is 0.481 e. The minimum atomic E-state index is -4.34. The molecule has 0 spiro atoms. The van der Waals surface area contributed by atoms with Crippen LogP contribution in [0.5, 0.6) is 5.88 Å². The average molecular weight is 531 g/mol. The minimum absolute atomic E-state index is 0.132. The number of hydrogen-bond acceptors (Lipinski definition) is 7. The van der Waals surface area contributed by atoms with E-state index >= 15 is 0 Å². The zero-order chi connectivity index (χ0) is 26.9. The summed E-state index contributed by atoms with van der Waals surface area (Å²) < 4.78 is 49.5. The summed E-state index contributed by atoms with van der Waals surface area (Å²) in [7, 11) is -2.93. The standard InChI is InChI=1S/C25H27FN4O6S/c1-14(2)19-9-16(26)10-20(15-6-7-27-22(8-15)36-3)24(19)21(11-23(31)32)25(33)29-37(34,35)18-12-28-30(13-18)17-4-5-17/h6-10,12-14,17,21H,4-5,11H2,1-3H3,(H,29,33)(H,31,32). The molecule has 0 saturated heterocycles. The lowest BCUT2D eigenvalue weighted by Crippen LogP contribution is -2.36. The summed E-state index contributed by atoms with van der Waals surface area (Å²) in [5.74, 6) is -4.49. The van der Waals surface area contributed by atoms with E-state index < -0.39 is 40.1 Å². The molecule has 196 valence electrons. The summed E-state index contributed by atoms with van der Waals surface area (Å²) in [4.78, 5) is 29.2. The van der Waals surface area contributed by atoms with Crippen molar-refractivity contribution in [3.63, 3.8) is 0 Å². The number of sulfonamides is 1. The summed E-state index contributed by atoms with van der Waals surface area (Å²) >= 11 is 0. The van der Waals surface area contributed by atoms with Crippen LogP contribution in [0.2, 0.25) is 0 Å². The lowest BCUT2D eigenvalue weighted by Gasteiger charge is -2.24. The number of rotatable bonds is 10. The third kappa shape index (κ3) is 5.79. The van der Waals surface area contributed by atoms with Crippen molar-refractivity contribution in [1.29, 1.82) is 0 Å². The molecule has 3 aromatic rings. The highest BCUT2D eigenvalue weighted by Gasteiger charge is 2.34. The van der Waals surface area contributed by atoms with Crippen molar-refractivity contribution in [2.75, 3.05) is 7.11 Å². The van der Waals surface area contributed by atoms with E-state index in [1.54, 1.807) is 19.9 Å². The maximum atomic E-state index is 14.8. The molecule has 1 saturated carbocycles. The van der Waals surface area contributed by atoms with Crippen LogP contribution in [0, 0.1) is 5.82 Å². The molecule has 0 bridgehead atoms. The molecular formula is C25H27FN4O6S. The molecular weight excluding hydrogens is 503 g/mol. The van der Waals surface area contributed by atoms with E-state index in [0.29, 0.717) is 11.1 Å². The molecule has 0 radical (unpaired) electrons. The van der Waals surface area contributed by atoms with Crippen LogP contribution in [0.25, 0.3) is 11.1 Å². The first kappa shape index (κ1) is 26.3. The van der Waals surface area contributed by atoms with Gasteiger partial charge in [0.25, 0.3) is 10.0 Å². The predicted octanol–water partition coefficient (Wildman–Crippen LogP) is 3.61. The second kappa shape index (κ2) is 10.3. The molecule has 1 aliphatic carbocycles. The van der Waals surface area contributed by atoms with Crippen molar-refractivity contribution in [1.82, 2.24) is 19.5 Å². The van der Waals surface area contributed by atoms with Gasteiger partial charge in [-0.05, 0) is 59.2 Å². The summed E-state index contributed by atoms with van der Waals surface area (Å²) in [6.07, 6.45) is 4.98. The molecule has 37 heavy (non-hydrogen) atoms. The number of methoxy groups -OCH3 is 1. The normalized spacial score (nSPS) is 14.4. The predicted molar refractivity (Wildman–Crippen MR) is 131 cm³/mol. The number of aliphatic carboxylic acids is 1. The SMILES string of the molecule is COc1cc(-c2cc(F)cc(C(C)C)c2C(CC(=O)O)C(=O)NS(=O)(=O)c2cnn(C3CC3)c2)ccn1. The van der Waals surface area contributed by atoms with Gasteiger partial charge in [0.2, 0.25) is 11.8 Å². The molecule has 10 nitrogen and oxygen atoms in total. The Kier molecular flexibility index (Phi) is 7.30. The summed E-state index contributed by atoms with van der Waals surface area (Å²) in [5, 5.41) is 13.7. The van der Waals surface area contributed by atoms with Crippen molar-refractivity contribution >= 4 is 21.9 Å². The third-order valence-electron chi connectivity index (χ3n) is 6.14. The summed E-state index contributed by atoms with van der Waals surface area (Å²) in [6, 6.07) is 5.65. The maximum absolute atomic E-state index is 14.8. The Bertz CT molecular complexity index is 1450. The molecule has 1 aromatic carbocycles. The van der Waals surface area contributed by atoms with E-state index in [1.165, 1.54) is 42.4 Å². The van der Waals surface area contributed by atoms with E-state index in [1.807, 2.05) is 4.72 Å². The zero-order valence-corrected chi connectivity index (χ0v) is 21.3. The van der Waals surface area contributed by atoms with Gasteiger partial charge in [-0.25, -0.2) is 22.5 Å². The van der Waals surface area contributed by atoms with Crippen molar-refractivity contribution in [2.45, 2.75) is 55.9 Å². The number of halogens is 1. The Labute approximate surface area is 213 Å². The first-order valence-electron chi connectivity index (χ1n) is 11.7. The lowest BCUT2D eigenvalue weighted by atomic mass is 9.81. The number of nitrogens with one attached hydrogen (secondary N) is 1. The molecule has 2 heterocycles. The Morgan fingerprint density at radius 1 is 1.27 bits per heavy atom. The minimum Gasteiger partial charge on any atom is -0.481 e. The highest BCUT2D eigenvalue weighted by molar-refractivity contribution is 7.90. The van der Waals surface area contributed by atoms with Gasteiger partial charge >= 0.3 is 5.97 Å². The molecule has 1 atom stereocenters. The number of nitrogens with zero attached hydrogens (tertiary/aromatic N) is 3. The van der Waals surface area contributed by atoms with Gasteiger partial charge < -0.3 is 9.84 Å². The van der Waals surface area contributed by atoms with E-state index in [4.69, 9.17) is 4.74 Å². The average Bonchev–Trinajstić information content (AvgIpc) is 3.57. The Morgan fingerprint density at radius 2 is 2.00 bits per heavy atom. The van der Waals surface area contributed by atoms with Gasteiger partial charge in [0.1, 0.15) is 10.7 Å². The van der Waals surface area contributed by atoms with E-state index in [0.717, 1.165) is 19.0 Å². The van der Waals surface area contributed by atoms with Gasteiger partial charge in [-0.2, -0.15) is 5.10 Å². The molecule has 4 rings (SSSR count). The molecule has 12 heteroatoms. The summed E-state index contributed by atoms with van der Waals surface area (Å²) in [6.45, 7) is 3.54. The summed E-state index contributed by atoms with van der Waals surface area (Å²) in [5.41, 5.74) is 1.27. The molecule has 1 unspecified atom stereocenters. The van der Waals surface area contributed by atoms with Crippen LogP contribution >= 0.6 is 0 Å². The monoisotopic (exact) mass is 530 g/mol. The number of hydrogen-bond donors (Lipinski definition) is 2. The quantitative estimate of drug-likeness (QED) is 0.405. The molecule has 1 fully saturated rings. The van der Waals surface area contributed by atoms with Crippen LogP contribution in [0.3, 0.4) is 0 Å². The molecule has 1 aliphatic rings. The Hall–Kier alpha value is -3.80. The van der Waals surface area contributed by atoms with Crippen molar-refractivity contribution in [3.05, 3.63) is 59.8 Å². The van der Waals surface area contributed by atoms with Crippen LogP contribution in [-0.2, 0) is 19.6 Å². The van der Waals surface area contributed by atoms with E-state index in [2.05, 4.69) is 10.1 Å². The van der Waals surface area contributed by atoms with Crippen LogP contribution < -0.4 is 9.46 Å². The fourth-order valence-corrected chi connectivity index (χ4v) is 5.15. The second-order valence-corrected chi connectivity index (χ2v) is 10.9. The van der Waals surface area contributed by atoms with Crippen LogP contribution in [0.4, 0.5) is 4.39 Å². The number of carbonyl (C=O) groups excluding carboxylic acids is 1. The second-order valence-electron chi connectivity index (χ2n) is 9.21. The van der Waals surface area contributed by atoms with Crippen LogP contribution in [-0.4, -0.2) is 47.3 Å². The lowest BCUT2D eigenvalue weighted by molar-refractivity contribution is -0.139. The number of carbonyl (C=O) groups is 2. The van der Waals surface area contributed by atoms with Crippen molar-refractivity contribution in [3.8, 4) is 17.0 Å². The van der Waals surface area contributed by atoms with Crippen LogP contribution in [0.1, 0.15) is 62.1 Å². The Morgan fingerprint density at radius 3 is 2.62 bits per heavy atom. The zero-order valence-electron chi connectivity index (χ0n) is 20.5. The number of carboxylic acids is 1. The molecule has 0 aliphatic heterocycles. The number of aromatic nitrogens is 3. The highest BCUT2D eigenvalue weighted by atomic mass is 32.2. The van der Waals surface area contributed by atoms with Gasteiger partial charge in [0.15, 0.2) is 0 Å².